The van der Waals surface area contributed by atoms with Crippen LogP contribution in [-0.4, -0.2) is 29.7 Å². The monoisotopic (exact) mass is 440 g/mol. The van der Waals surface area contributed by atoms with Crippen LogP contribution in [0.4, 0.5) is 0 Å². The first-order valence-corrected chi connectivity index (χ1v) is 11.0. The van der Waals surface area contributed by atoms with Crippen molar-refractivity contribution < 1.29 is 0 Å². The summed E-state index contributed by atoms with van der Waals surface area (Å²) in [5.74, 6) is 2.06. The van der Waals surface area contributed by atoms with Gasteiger partial charge in [-0.1, -0.05) is 54.6 Å². The molecule has 0 unspecified atom stereocenters. The number of benzene rings is 3. The smallest absolute Gasteiger partial charge is 0.182 e. The molecule has 0 amide bonds. The van der Waals surface area contributed by atoms with Gasteiger partial charge in [-0.05, 0) is 53.9 Å². The number of rotatable bonds is 4. The summed E-state index contributed by atoms with van der Waals surface area (Å²) in [6, 6.07) is 28.6. The Balaban J connectivity index is 1.48. The first-order chi connectivity index (χ1) is 16.7. The lowest BCUT2D eigenvalue weighted by atomic mass is 10.0. The van der Waals surface area contributed by atoms with Crippen molar-refractivity contribution in [3.63, 3.8) is 0 Å². The molecule has 6 heteroatoms. The SMILES string of the molecule is Cc1ccnc(-n2nc(-c3ccc4nccnc4c3)nc2-c2ccc(-c3ccccc3)cc2)c1. The highest BCUT2D eigenvalue weighted by molar-refractivity contribution is 5.80. The van der Waals surface area contributed by atoms with E-state index in [1.54, 1.807) is 23.3 Å². The first kappa shape index (κ1) is 19.9. The normalized spacial score (nSPS) is 11.1. The Kier molecular flexibility index (Phi) is 4.88. The van der Waals surface area contributed by atoms with E-state index in [1.807, 2.05) is 55.5 Å². The number of fused-ring (bicyclic) bond motifs is 1. The summed E-state index contributed by atoms with van der Waals surface area (Å²) >= 11 is 0. The molecule has 6 nitrogen and oxygen atoms in total. The molecule has 0 aliphatic heterocycles. The van der Waals surface area contributed by atoms with Crippen molar-refractivity contribution in [2.45, 2.75) is 6.92 Å². The zero-order valence-electron chi connectivity index (χ0n) is 18.5. The Labute approximate surface area is 196 Å². The van der Waals surface area contributed by atoms with E-state index in [9.17, 15) is 0 Å². The minimum atomic E-state index is 0.609. The molecule has 0 N–H and O–H groups in total. The van der Waals surface area contributed by atoms with Crippen LogP contribution in [0.2, 0.25) is 0 Å². The van der Waals surface area contributed by atoms with Crippen LogP contribution in [0.3, 0.4) is 0 Å². The summed E-state index contributed by atoms with van der Waals surface area (Å²) in [5.41, 5.74) is 6.91. The maximum absolute atomic E-state index is 4.93. The fourth-order valence-electron chi connectivity index (χ4n) is 3.96. The second-order valence-electron chi connectivity index (χ2n) is 8.07. The molecule has 0 saturated carbocycles. The first-order valence-electron chi connectivity index (χ1n) is 11.0. The van der Waals surface area contributed by atoms with Gasteiger partial charge in [0.05, 0.1) is 11.0 Å². The van der Waals surface area contributed by atoms with E-state index in [0.717, 1.165) is 44.9 Å². The van der Waals surface area contributed by atoms with Gasteiger partial charge in [-0.25, -0.2) is 9.97 Å². The number of nitrogens with zero attached hydrogens (tertiary/aromatic N) is 6. The van der Waals surface area contributed by atoms with Crippen LogP contribution in [0, 0.1) is 6.92 Å². The average Bonchev–Trinajstić information content (AvgIpc) is 3.35. The molecule has 34 heavy (non-hydrogen) atoms. The van der Waals surface area contributed by atoms with Crippen LogP contribution in [0.15, 0.2) is 104 Å². The molecule has 0 aliphatic carbocycles. The Hall–Kier alpha value is -4.71. The molecule has 0 aliphatic rings. The molecule has 162 valence electrons. The lowest BCUT2D eigenvalue weighted by Gasteiger charge is -2.07. The van der Waals surface area contributed by atoms with E-state index in [4.69, 9.17) is 10.1 Å². The molecular formula is C28H20N6. The predicted molar refractivity (Wildman–Crippen MR) is 133 cm³/mol. The molecule has 6 rings (SSSR count). The molecule has 3 aromatic heterocycles. The quantitative estimate of drug-likeness (QED) is 0.341. The molecule has 0 atom stereocenters. The van der Waals surface area contributed by atoms with Gasteiger partial charge in [0.1, 0.15) is 0 Å². The van der Waals surface area contributed by atoms with E-state index in [0.29, 0.717) is 5.82 Å². The lowest BCUT2D eigenvalue weighted by molar-refractivity contribution is 0.854. The van der Waals surface area contributed by atoms with Crippen molar-refractivity contribution in [3.8, 4) is 39.7 Å². The Morgan fingerprint density at radius 2 is 1.29 bits per heavy atom. The summed E-state index contributed by atoms with van der Waals surface area (Å²) in [6.45, 7) is 2.04. The average molecular weight is 441 g/mol. The van der Waals surface area contributed by atoms with E-state index >= 15 is 0 Å². The third kappa shape index (κ3) is 3.71. The summed E-state index contributed by atoms with van der Waals surface area (Å²) in [5, 5.41) is 4.85. The molecule has 0 radical (unpaired) electrons. The fourth-order valence-corrected chi connectivity index (χ4v) is 3.96. The van der Waals surface area contributed by atoms with Crippen molar-refractivity contribution in [1.29, 1.82) is 0 Å². The Morgan fingerprint density at radius 1 is 0.588 bits per heavy atom. The number of hydrogen-bond donors (Lipinski definition) is 0. The second-order valence-corrected chi connectivity index (χ2v) is 8.07. The second kappa shape index (κ2) is 8.33. The van der Waals surface area contributed by atoms with E-state index in [-0.39, 0.29) is 0 Å². The highest BCUT2D eigenvalue weighted by Crippen LogP contribution is 2.28. The number of hydrogen-bond acceptors (Lipinski definition) is 5. The van der Waals surface area contributed by atoms with Crippen LogP contribution >= 0.6 is 0 Å². The number of pyridine rings is 1. The van der Waals surface area contributed by atoms with Gasteiger partial charge in [-0.3, -0.25) is 9.97 Å². The molecule has 0 fully saturated rings. The molecule has 0 bridgehead atoms. The van der Waals surface area contributed by atoms with Crippen LogP contribution in [0.1, 0.15) is 5.56 Å². The van der Waals surface area contributed by atoms with Gasteiger partial charge in [0.25, 0.3) is 0 Å². The van der Waals surface area contributed by atoms with Crippen LogP contribution in [-0.2, 0) is 0 Å². The van der Waals surface area contributed by atoms with Gasteiger partial charge in [0.15, 0.2) is 17.5 Å². The van der Waals surface area contributed by atoms with Crippen LogP contribution in [0.5, 0.6) is 0 Å². The molecule has 3 aromatic carbocycles. The molecule has 0 saturated heterocycles. The number of aryl methyl sites for hydroxylation is 1. The highest BCUT2D eigenvalue weighted by atomic mass is 15.4. The Bertz CT molecular complexity index is 1600. The summed E-state index contributed by atoms with van der Waals surface area (Å²) in [6.07, 6.45) is 5.17. The van der Waals surface area contributed by atoms with Crippen molar-refractivity contribution in [2.75, 3.05) is 0 Å². The lowest BCUT2D eigenvalue weighted by Crippen LogP contribution is -2.02. The third-order valence-electron chi connectivity index (χ3n) is 5.70. The van der Waals surface area contributed by atoms with E-state index in [2.05, 4.69) is 51.4 Å². The minimum absolute atomic E-state index is 0.609. The van der Waals surface area contributed by atoms with Crippen molar-refractivity contribution in [2.24, 2.45) is 0 Å². The molecule has 0 spiro atoms. The third-order valence-corrected chi connectivity index (χ3v) is 5.70. The fraction of sp³-hybridized carbons (Fsp3) is 0.0357. The largest absolute Gasteiger partial charge is 0.253 e. The zero-order valence-corrected chi connectivity index (χ0v) is 18.5. The molecular weight excluding hydrogens is 420 g/mol. The van der Waals surface area contributed by atoms with Gasteiger partial charge in [-0.15, -0.1) is 5.10 Å². The van der Waals surface area contributed by atoms with Crippen molar-refractivity contribution in [1.82, 2.24) is 29.7 Å². The maximum Gasteiger partial charge on any atom is 0.182 e. The predicted octanol–water partition coefficient (Wildman–Crippen LogP) is 5.91. The zero-order chi connectivity index (χ0) is 22.9. The van der Waals surface area contributed by atoms with Gasteiger partial charge >= 0.3 is 0 Å². The summed E-state index contributed by atoms with van der Waals surface area (Å²) < 4.78 is 1.81. The van der Waals surface area contributed by atoms with Gasteiger partial charge in [-0.2, -0.15) is 4.68 Å². The summed E-state index contributed by atoms with van der Waals surface area (Å²) in [4.78, 5) is 18.3. The van der Waals surface area contributed by atoms with Crippen molar-refractivity contribution >= 4 is 11.0 Å². The van der Waals surface area contributed by atoms with E-state index in [1.165, 1.54) is 5.56 Å². The van der Waals surface area contributed by atoms with Crippen molar-refractivity contribution in [3.05, 3.63) is 109 Å². The van der Waals surface area contributed by atoms with Gasteiger partial charge in [0.2, 0.25) is 0 Å². The summed E-state index contributed by atoms with van der Waals surface area (Å²) in [7, 11) is 0. The minimum Gasteiger partial charge on any atom is -0.253 e. The van der Waals surface area contributed by atoms with E-state index < -0.39 is 0 Å². The standard InChI is InChI=1S/C28H20N6/c1-19-13-14-31-26(17-19)34-28(22-9-7-21(8-10-22)20-5-3-2-4-6-20)32-27(33-34)23-11-12-24-25(18-23)30-16-15-29-24/h2-18H,1H3. The maximum atomic E-state index is 4.93. The van der Waals surface area contributed by atoms with Crippen LogP contribution in [0.25, 0.3) is 50.8 Å². The molecule has 3 heterocycles. The molecule has 6 aromatic rings. The Morgan fingerprint density at radius 3 is 2.09 bits per heavy atom. The van der Waals surface area contributed by atoms with Gasteiger partial charge < -0.3 is 0 Å². The van der Waals surface area contributed by atoms with Crippen LogP contribution < -0.4 is 0 Å². The van der Waals surface area contributed by atoms with Gasteiger partial charge in [0, 0.05) is 29.7 Å². The number of aromatic nitrogens is 6. The highest BCUT2D eigenvalue weighted by Gasteiger charge is 2.17. The topological polar surface area (TPSA) is 69.4 Å².